The molecule has 0 atom stereocenters. The lowest BCUT2D eigenvalue weighted by Gasteiger charge is -2.31. The third kappa shape index (κ3) is 4.94. The number of nitrogens with zero attached hydrogens (tertiary/aromatic N) is 1. The standard InChI is InChI=1S/C12H10.C10H19N/c1-3-7-11(8-4-1)12-9-5-2-6-10-12;1-4-8-11(9-5-1)10-6-2-3-7-10/h1-10H;10H,1-9H2. The van der Waals surface area contributed by atoms with Gasteiger partial charge in [-0.2, -0.15) is 0 Å². The van der Waals surface area contributed by atoms with Crippen LogP contribution in [0.15, 0.2) is 60.7 Å². The molecule has 0 bridgehead atoms. The molecule has 1 saturated heterocycles. The van der Waals surface area contributed by atoms with Gasteiger partial charge in [0.1, 0.15) is 0 Å². The molecule has 1 saturated carbocycles. The van der Waals surface area contributed by atoms with Gasteiger partial charge in [0, 0.05) is 6.04 Å². The SMILES string of the molecule is C1CCN(C2CCCC2)CC1.c1ccc(-c2ccccc2)cc1. The minimum absolute atomic E-state index is 0.982. The number of likely N-dealkylation sites (tertiary alicyclic amines) is 1. The molecule has 23 heavy (non-hydrogen) atoms. The molecule has 2 aromatic rings. The van der Waals surface area contributed by atoms with E-state index in [9.17, 15) is 0 Å². The first-order valence-corrected chi connectivity index (χ1v) is 9.28. The lowest BCUT2D eigenvalue weighted by atomic mass is 10.1. The van der Waals surface area contributed by atoms with E-state index in [1.807, 2.05) is 12.1 Å². The predicted octanol–water partition coefficient (Wildman–Crippen LogP) is 5.77. The highest BCUT2D eigenvalue weighted by atomic mass is 15.2. The van der Waals surface area contributed by atoms with Gasteiger partial charge in [0.2, 0.25) is 0 Å². The molecule has 1 aliphatic heterocycles. The van der Waals surface area contributed by atoms with Crippen LogP contribution in [0.2, 0.25) is 0 Å². The lowest BCUT2D eigenvalue weighted by Crippen LogP contribution is -2.37. The van der Waals surface area contributed by atoms with Crippen molar-refractivity contribution < 1.29 is 0 Å². The van der Waals surface area contributed by atoms with Crippen molar-refractivity contribution in [2.75, 3.05) is 13.1 Å². The van der Waals surface area contributed by atoms with Crippen molar-refractivity contribution in [1.82, 2.24) is 4.90 Å². The fraction of sp³-hybridized carbons (Fsp3) is 0.455. The van der Waals surface area contributed by atoms with Gasteiger partial charge in [-0.05, 0) is 49.9 Å². The smallest absolute Gasteiger partial charge is 0.00952 e. The summed E-state index contributed by atoms with van der Waals surface area (Å²) in [5, 5.41) is 0. The van der Waals surface area contributed by atoms with Crippen molar-refractivity contribution in [2.24, 2.45) is 0 Å². The summed E-state index contributed by atoms with van der Waals surface area (Å²) in [6.45, 7) is 2.79. The summed E-state index contributed by atoms with van der Waals surface area (Å²) >= 11 is 0. The number of benzene rings is 2. The molecule has 1 heteroatoms. The summed E-state index contributed by atoms with van der Waals surface area (Å²) in [7, 11) is 0. The number of piperidine rings is 1. The minimum Gasteiger partial charge on any atom is -0.300 e. The summed E-state index contributed by atoms with van der Waals surface area (Å²) in [6.07, 6.45) is 10.3. The number of hydrogen-bond donors (Lipinski definition) is 0. The van der Waals surface area contributed by atoms with Crippen molar-refractivity contribution in [3.8, 4) is 11.1 Å². The van der Waals surface area contributed by atoms with Gasteiger partial charge in [-0.3, -0.25) is 0 Å². The second-order valence-corrected chi connectivity index (χ2v) is 6.77. The molecule has 0 aromatic heterocycles. The Bertz CT molecular complexity index is 499. The van der Waals surface area contributed by atoms with Gasteiger partial charge in [0.15, 0.2) is 0 Å². The Labute approximate surface area is 141 Å². The molecule has 2 aliphatic rings. The molecule has 122 valence electrons. The molecule has 1 aliphatic carbocycles. The first kappa shape index (κ1) is 16.3. The maximum atomic E-state index is 2.73. The maximum Gasteiger partial charge on any atom is 0.00952 e. The third-order valence-corrected chi connectivity index (χ3v) is 5.11. The van der Waals surface area contributed by atoms with E-state index in [1.54, 1.807) is 0 Å². The zero-order valence-electron chi connectivity index (χ0n) is 14.2. The fourth-order valence-corrected chi connectivity index (χ4v) is 3.81. The van der Waals surface area contributed by atoms with Gasteiger partial charge in [-0.25, -0.2) is 0 Å². The Morgan fingerprint density at radius 3 is 1.52 bits per heavy atom. The minimum atomic E-state index is 0.982. The second-order valence-electron chi connectivity index (χ2n) is 6.77. The molecule has 2 aromatic carbocycles. The van der Waals surface area contributed by atoms with Crippen LogP contribution in [-0.4, -0.2) is 24.0 Å². The number of rotatable bonds is 2. The van der Waals surface area contributed by atoms with Gasteiger partial charge in [-0.1, -0.05) is 79.9 Å². The van der Waals surface area contributed by atoms with E-state index in [0.717, 1.165) is 6.04 Å². The first-order chi connectivity index (χ1) is 11.4. The van der Waals surface area contributed by atoms with Crippen molar-refractivity contribution in [3.05, 3.63) is 60.7 Å². The predicted molar refractivity (Wildman–Crippen MR) is 99.6 cm³/mol. The molecular weight excluding hydrogens is 278 g/mol. The van der Waals surface area contributed by atoms with Gasteiger partial charge in [0.25, 0.3) is 0 Å². The normalized spacial score (nSPS) is 19.1. The number of hydrogen-bond acceptors (Lipinski definition) is 1. The van der Waals surface area contributed by atoms with E-state index in [0.29, 0.717) is 0 Å². The Morgan fingerprint density at radius 1 is 0.565 bits per heavy atom. The largest absolute Gasteiger partial charge is 0.300 e. The molecule has 4 rings (SSSR count). The maximum absolute atomic E-state index is 2.73. The molecule has 0 N–H and O–H groups in total. The highest BCUT2D eigenvalue weighted by Gasteiger charge is 2.23. The zero-order chi connectivity index (χ0) is 15.7. The Hall–Kier alpha value is -1.60. The Balaban J connectivity index is 0.000000136. The van der Waals surface area contributed by atoms with Crippen molar-refractivity contribution in [1.29, 1.82) is 0 Å². The monoisotopic (exact) mass is 307 g/mol. The van der Waals surface area contributed by atoms with Crippen molar-refractivity contribution in [3.63, 3.8) is 0 Å². The van der Waals surface area contributed by atoms with E-state index in [2.05, 4.69) is 53.4 Å². The quantitative estimate of drug-likeness (QED) is 0.681. The molecule has 1 heterocycles. The summed E-state index contributed by atoms with van der Waals surface area (Å²) in [5.74, 6) is 0. The van der Waals surface area contributed by atoms with Crippen LogP contribution in [0.5, 0.6) is 0 Å². The average Bonchev–Trinajstić information content (AvgIpc) is 3.19. The summed E-state index contributed by atoms with van der Waals surface area (Å²) in [6, 6.07) is 21.8. The summed E-state index contributed by atoms with van der Waals surface area (Å²) in [5.41, 5.74) is 2.55. The molecule has 2 fully saturated rings. The van der Waals surface area contributed by atoms with E-state index >= 15 is 0 Å². The molecule has 0 amide bonds. The van der Waals surface area contributed by atoms with E-state index in [1.165, 1.54) is 69.2 Å². The van der Waals surface area contributed by atoms with Crippen LogP contribution in [0.1, 0.15) is 44.9 Å². The van der Waals surface area contributed by atoms with Gasteiger partial charge < -0.3 is 4.90 Å². The topological polar surface area (TPSA) is 3.24 Å². The van der Waals surface area contributed by atoms with Crippen LogP contribution in [0.25, 0.3) is 11.1 Å². The highest BCUT2D eigenvalue weighted by molar-refractivity contribution is 5.62. The third-order valence-electron chi connectivity index (χ3n) is 5.11. The zero-order valence-corrected chi connectivity index (χ0v) is 14.2. The van der Waals surface area contributed by atoms with Gasteiger partial charge >= 0.3 is 0 Å². The van der Waals surface area contributed by atoms with E-state index in [4.69, 9.17) is 0 Å². The van der Waals surface area contributed by atoms with Crippen LogP contribution in [0.3, 0.4) is 0 Å². The van der Waals surface area contributed by atoms with Gasteiger partial charge in [-0.15, -0.1) is 0 Å². The summed E-state index contributed by atoms with van der Waals surface area (Å²) < 4.78 is 0. The molecule has 0 unspecified atom stereocenters. The van der Waals surface area contributed by atoms with E-state index in [-0.39, 0.29) is 0 Å². The highest BCUT2D eigenvalue weighted by Crippen LogP contribution is 2.25. The fourth-order valence-electron chi connectivity index (χ4n) is 3.81. The van der Waals surface area contributed by atoms with Crippen LogP contribution in [-0.2, 0) is 0 Å². The molecule has 1 nitrogen and oxygen atoms in total. The van der Waals surface area contributed by atoms with Crippen LogP contribution < -0.4 is 0 Å². The van der Waals surface area contributed by atoms with Gasteiger partial charge in [0.05, 0.1) is 0 Å². The van der Waals surface area contributed by atoms with Crippen LogP contribution in [0, 0.1) is 0 Å². The van der Waals surface area contributed by atoms with Crippen LogP contribution >= 0.6 is 0 Å². The Kier molecular flexibility index (Phi) is 6.28. The van der Waals surface area contributed by atoms with E-state index < -0.39 is 0 Å². The van der Waals surface area contributed by atoms with Crippen molar-refractivity contribution in [2.45, 2.75) is 51.0 Å². The average molecular weight is 307 g/mol. The Morgan fingerprint density at radius 2 is 1.04 bits per heavy atom. The molecule has 0 radical (unpaired) electrons. The molecule has 0 spiro atoms. The van der Waals surface area contributed by atoms with Crippen LogP contribution in [0.4, 0.5) is 0 Å². The van der Waals surface area contributed by atoms with Crippen molar-refractivity contribution >= 4 is 0 Å². The lowest BCUT2D eigenvalue weighted by molar-refractivity contribution is 0.165. The first-order valence-electron chi connectivity index (χ1n) is 9.28. The second kappa shape index (κ2) is 8.88. The summed E-state index contributed by atoms with van der Waals surface area (Å²) in [4.78, 5) is 2.73. The molecular formula is C22H29N.